The van der Waals surface area contributed by atoms with E-state index in [1.807, 2.05) is 6.20 Å². The van der Waals surface area contributed by atoms with E-state index in [0.717, 1.165) is 5.92 Å². The van der Waals surface area contributed by atoms with E-state index in [1.165, 1.54) is 19.3 Å². The number of rotatable bonds is 0. The lowest BCUT2D eigenvalue weighted by molar-refractivity contribution is 0.459. The number of aliphatic imine (C=N–C) groups is 1. The Labute approximate surface area is 69.2 Å². The van der Waals surface area contributed by atoms with Crippen molar-refractivity contribution in [1.82, 2.24) is 0 Å². The molecule has 0 fully saturated rings. The van der Waals surface area contributed by atoms with Gasteiger partial charge in [-0.2, -0.15) is 0 Å². The summed E-state index contributed by atoms with van der Waals surface area (Å²) in [4.78, 5) is 4.20. The second-order valence-electron chi connectivity index (χ2n) is 3.58. The zero-order valence-electron chi connectivity index (χ0n) is 7.46. The maximum absolute atomic E-state index is 4.20. The van der Waals surface area contributed by atoms with Crippen LogP contribution < -0.4 is 0 Å². The van der Waals surface area contributed by atoms with Crippen LogP contribution in [0.2, 0.25) is 0 Å². The van der Waals surface area contributed by atoms with E-state index in [1.54, 1.807) is 0 Å². The third kappa shape index (κ3) is 3.35. The fraction of sp³-hybridized carbons (Fsp3) is 0.700. The largest absolute Gasteiger partial charge is 0.269 e. The van der Waals surface area contributed by atoms with Crippen LogP contribution in [0, 0.1) is 11.8 Å². The van der Waals surface area contributed by atoms with E-state index < -0.39 is 0 Å². The topological polar surface area (TPSA) is 12.4 Å². The summed E-state index contributed by atoms with van der Waals surface area (Å²) in [6, 6.07) is 0. The van der Waals surface area contributed by atoms with E-state index >= 15 is 0 Å². The van der Waals surface area contributed by atoms with Gasteiger partial charge in [0.25, 0.3) is 0 Å². The summed E-state index contributed by atoms with van der Waals surface area (Å²) >= 11 is 0. The first kappa shape index (κ1) is 8.51. The molecule has 1 nitrogen and oxygen atoms in total. The molecule has 1 rings (SSSR count). The molecule has 0 unspecified atom stereocenters. The monoisotopic (exact) mass is 151 g/mol. The Morgan fingerprint density at radius 1 is 1.36 bits per heavy atom. The average Bonchev–Trinajstić information content (AvgIpc) is 2.02. The Bertz CT molecular complexity index is 158. The third-order valence-electron chi connectivity index (χ3n) is 2.13. The molecule has 1 aliphatic rings. The standard InChI is InChI=1S/C10H17N/c1-9-5-3-4-6-11-8-10(2)7-9/h4,6,8-10H,3,5,7H2,1-2H3/b6-4-,11-8?/t9-,10+/m1/s1. The Hall–Kier alpha value is -0.590. The molecule has 1 heterocycles. The summed E-state index contributed by atoms with van der Waals surface area (Å²) in [6.07, 6.45) is 9.92. The highest BCUT2D eigenvalue weighted by Gasteiger charge is 2.06. The van der Waals surface area contributed by atoms with Crippen LogP contribution in [0.1, 0.15) is 33.1 Å². The number of hydrogen-bond acceptors (Lipinski definition) is 1. The molecular formula is C10H17N. The van der Waals surface area contributed by atoms with Gasteiger partial charge in [-0.05, 0) is 31.1 Å². The molecule has 0 N–H and O–H groups in total. The van der Waals surface area contributed by atoms with Gasteiger partial charge >= 0.3 is 0 Å². The third-order valence-corrected chi connectivity index (χ3v) is 2.13. The molecule has 62 valence electrons. The molecule has 0 spiro atoms. The van der Waals surface area contributed by atoms with Gasteiger partial charge in [-0.1, -0.05) is 19.9 Å². The summed E-state index contributed by atoms with van der Waals surface area (Å²) in [5.74, 6) is 1.49. The number of hydrogen-bond donors (Lipinski definition) is 0. The molecule has 0 aromatic heterocycles. The van der Waals surface area contributed by atoms with Gasteiger partial charge in [0, 0.05) is 12.4 Å². The van der Waals surface area contributed by atoms with Crippen LogP contribution in [-0.4, -0.2) is 6.21 Å². The molecule has 0 bridgehead atoms. The molecule has 11 heavy (non-hydrogen) atoms. The molecular weight excluding hydrogens is 134 g/mol. The van der Waals surface area contributed by atoms with E-state index in [2.05, 4.69) is 31.1 Å². The highest BCUT2D eigenvalue weighted by Crippen LogP contribution is 2.16. The minimum Gasteiger partial charge on any atom is -0.269 e. The molecule has 2 atom stereocenters. The lowest BCUT2D eigenvalue weighted by atomic mass is 9.94. The van der Waals surface area contributed by atoms with Gasteiger partial charge in [0.05, 0.1) is 0 Å². The molecule has 0 aromatic rings. The summed E-state index contributed by atoms with van der Waals surface area (Å²) in [5, 5.41) is 0. The lowest BCUT2D eigenvalue weighted by Gasteiger charge is -2.11. The fourth-order valence-electron chi connectivity index (χ4n) is 1.53. The van der Waals surface area contributed by atoms with Crippen LogP contribution in [0.5, 0.6) is 0 Å². The molecule has 0 saturated carbocycles. The van der Waals surface area contributed by atoms with Crippen molar-refractivity contribution in [3.63, 3.8) is 0 Å². The van der Waals surface area contributed by atoms with Crippen LogP contribution in [0.4, 0.5) is 0 Å². The van der Waals surface area contributed by atoms with Gasteiger partial charge in [0.2, 0.25) is 0 Å². The Morgan fingerprint density at radius 2 is 2.18 bits per heavy atom. The van der Waals surface area contributed by atoms with Crippen molar-refractivity contribution >= 4 is 6.21 Å². The molecule has 0 aliphatic carbocycles. The van der Waals surface area contributed by atoms with Crippen LogP contribution in [-0.2, 0) is 0 Å². The van der Waals surface area contributed by atoms with Gasteiger partial charge < -0.3 is 0 Å². The van der Waals surface area contributed by atoms with E-state index in [-0.39, 0.29) is 0 Å². The van der Waals surface area contributed by atoms with Gasteiger partial charge in [0.15, 0.2) is 0 Å². The molecule has 1 aliphatic heterocycles. The zero-order valence-corrected chi connectivity index (χ0v) is 7.46. The smallest absolute Gasteiger partial charge is 0.0224 e. The molecule has 0 aromatic carbocycles. The van der Waals surface area contributed by atoms with E-state index in [9.17, 15) is 0 Å². The first-order valence-electron chi connectivity index (χ1n) is 4.47. The normalized spacial score (nSPS) is 35.5. The summed E-state index contributed by atoms with van der Waals surface area (Å²) in [5.41, 5.74) is 0. The predicted molar refractivity (Wildman–Crippen MR) is 49.8 cm³/mol. The number of allylic oxidation sites excluding steroid dienone is 1. The van der Waals surface area contributed by atoms with Crippen LogP contribution >= 0.6 is 0 Å². The van der Waals surface area contributed by atoms with Crippen molar-refractivity contribution in [2.24, 2.45) is 16.8 Å². The van der Waals surface area contributed by atoms with Crippen molar-refractivity contribution in [3.8, 4) is 0 Å². The fourth-order valence-corrected chi connectivity index (χ4v) is 1.53. The highest BCUT2D eigenvalue weighted by molar-refractivity contribution is 5.60. The second kappa shape index (κ2) is 4.32. The SMILES string of the molecule is C[C@@H]1CC/C=C\N=C[C@@H](C)C1. The first-order valence-corrected chi connectivity index (χ1v) is 4.47. The minimum atomic E-state index is 0.646. The van der Waals surface area contributed by atoms with E-state index in [4.69, 9.17) is 0 Å². The van der Waals surface area contributed by atoms with Gasteiger partial charge in [-0.15, -0.1) is 0 Å². The maximum atomic E-state index is 4.20. The quantitative estimate of drug-likeness (QED) is 0.504. The Kier molecular flexibility index (Phi) is 3.34. The minimum absolute atomic E-state index is 0.646. The van der Waals surface area contributed by atoms with Crippen molar-refractivity contribution < 1.29 is 0 Å². The van der Waals surface area contributed by atoms with Crippen molar-refractivity contribution in [1.29, 1.82) is 0 Å². The Morgan fingerprint density at radius 3 is 3.00 bits per heavy atom. The van der Waals surface area contributed by atoms with E-state index in [0.29, 0.717) is 5.92 Å². The van der Waals surface area contributed by atoms with Crippen molar-refractivity contribution in [3.05, 3.63) is 12.3 Å². The molecule has 1 heteroatoms. The summed E-state index contributed by atoms with van der Waals surface area (Å²) in [6.45, 7) is 4.56. The lowest BCUT2D eigenvalue weighted by Crippen LogP contribution is -2.03. The van der Waals surface area contributed by atoms with Crippen molar-refractivity contribution in [2.75, 3.05) is 0 Å². The van der Waals surface area contributed by atoms with Gasteiger partial charge in [-0.25, -0.2) is 0 Å². The van der Waals surface area contributed by atoms with Gasteiger partial charge in [-0.3, -0.25) is 4.99 Å². The second-order valence-corrected chi connectivity index (χ2v) is 3.58. The van der Waals surface area contributed by atoms with Crippen LogP contribution in [0.25, 0.3) is 0 Å². The summed E-state index contributed by atoms with van der Waals surface area (Å²) < 4.78 is 0. The molecule has 0 amide bonds. The van der Waals surface area contributed by atoms with Crippen LogP contribution in [0.3, 0.4) is 0 Å². The average molecular weight is 151 g/mol. The van der Waals surface area contributed by atoms with Crippen molar-refractivity contribution in [2.45, 2.75) is 33.1 Å². The predicted octanol–water partition coefficient (Wildman–Crippen LogP) is 3.03. The Balaban J connectivity index is 2.49. The molecule has 0 saturated heterocycles. The molecule has 0 radical (unpaired) electrons. The van der Waals surface area contributed by atoms with Crippen LogP contribution in [0.15, 0.2) is 17.3 Å². The zero-order chi connectivity index (χ0) is 8.10. The van der Waals surface area contributed by atoms with Gasteiger partial charge in [0.1, 0.15) is 0 Å². The maximum Gasteiger partial charge on any atom is 0.0224 e. The first-order chi connectivity index (χ1) is 5.29. The highest BCUT2D eigenvalue weighted by atomic mass is 14.7. The number of nitrogens with zero attached hydrogens (tertiary/aromatic N) is 1. The summed E-state index contributed by atoms with van der Waals surface area (Å²) in [7, 11) is 0.